The third-order valence-corrected chi connectivity index (χ3v) is 9.61. The molecule has 0 bridgehead atoms. The molecule has 0 radical (unpaired) electrons. The zero-order chi connectivity index (χ0) is 15.2. The van der Waals surface area contributed by atoms with E-state index in [0.29, 0.717) is 0 Å². The lowest BCUT2D eigenvalue weighted by Crippen LogP contribution is -2.47. The molecule has 118 valence electrons. The minimum atomic E-state index is -3.76. The zero-order valence-corrected chi connectivity index (χ0v) is 13.7. The first-order valence-corrected chi connectivity index (χ1v) is 11.7. The van der Waals surface area contributed by atoms with E-state index >= 15 is 0 Å². The van der Waals surface area contributed by atoms with Crippen molar-refractivity contribution < 1.29 is 25.3 Å². The first kappa shape index (κ1) is 16.5. The SMILES string of the molecule is O=S1(=O)CCC(S(=O)(=O)NC2CS(=O)(=O)CC2Cl)CC1. The molecule has 0 saturated carbocycles. The van der Waals surface area contributed by atoms with Crippen LogP contribution in [0.25, 0.3) is 0 Å². The molecule has 0 aromatic carbocycles. The van der Waals surface area contributed by atoms with E-state index in [1.54, 1.807) is 0 Å². The van der Waals surface area contributed by atoms with Crippen LogP contribution in [0.3, 0.4) is 0 Å². The predicted molar refractivity (Wildman–Crippen MR) is 75.8 cm³/mol. The van der Waals surface area contributed by atoms with Gasteiger partial charge >= 0.3 is 0 Å². The van der Waals surface area contributed by atoms with Gasteiger partial charge in [0.05, 0.1) is 39.7 Å². The van der Waals surface area contributed by atoms with Crippen molar-refractivity contribution in [3.63, 3.8) is 0 Å². The summed E-state index contributed by atoms with van der Waals surface area (Å²) in [5.41, 5.74) is 0. The van der Waals surface area contributed by atoms with Gasteiger partial charge in [-0.15, -0.1) is 11.6 Å². The quantitative estimate of drug-likeness (QED) is 0.634. The third-order valence-electron chi connectivity index (χ3n) is 3.54. The van der Waals surface area contributed by atoms with Gasteiger partial charge in [0.25, 0.3) is 0 Å². The molecular formula is C9H16ClNO6S3. The largest absolute Gasteiger partial charge is 0.229 e. The van der Waals surface area contributed by atoms with Crippen molar-refractivity contribution in [1.29, 1.82) is 0 Å². The number of rotatable bonds is 3. The van der Waals surface area contributed by atoms with Crippen molar-refractivity contribution in [1.82, 2.24) is 4.72 Å². The van der Waals surface area contributed by atoms with E-state index < -0.39 is 46.4 Å². The summed E-state index contributed by atoms with van der Waals surface area (Å²) in [6.07, 6.45) is 0.0637. The van der Waals surface area contributed by atoms with Crippen molar-refractivity contribution >= 4 is 41.3 Å². The van der Waals surface area contributed by atoms with Crippen molar-refractivity contribution in [3.8, 4) is 0 Å². The maximum atomic E-state index is 12.1. The third kappa shape index (κ3) is 3.85. The summed E-state index contributed by atoms with van der Waals surface area (Å²) in [4.78, 5) is 0. The van der Waals surface area contributed by atoms with Gasteiger partial charge in [-0.1, -0.05) is 0 Å². The number of nitrogens with one attached hydrogen (secondary N) is 1. The molecule has 7 nitrogen and oxygen atoms in total. The lowest BCUT2D eigenvalue weighted by atomic mass is 10.2. The Labute approximate surface area is 124 Å². The van der Waals surface area contributed by atoms with Crippen molar-refractivity contribution in [2.24, 2.45) is 0 Å². The smallest absolute Gasteiger partial charge is 0.214 e. The van der Waals surface area contributed by atoms with E-state index in [4.69, 9.17) is 11.6 Å². The Kier molecular flexibility index (Phi) is 4.43. The van der Waals surface area contributed by atoms with Crippen LogP contribution in [0.4, 0.5) is 0 Å². The molecular weight excluding hydrogens is 350 g/mol. The van der Waals surface area contributed by atoms with Crippen LogP contribution in [0.1, 0.15) is 12.8 Å². The highest BCUT2D eigenvalue weighted by Crippen LogP contribution is 2.23. The van der Waals surface area contributed by atoms with Gasteiger partial charge in [0.15, 0.2) is 9.84 Å². The van der Waals surface area contributed by atoms with Crippen molar-refractivity contribution in [3.05, 3.63) is 0 Å². The summed E-state index contributed by atoms with van der Waals surface area (Å²) in [5, 5.41) is -1.60. The van der Waals surface area contributed by atoms with Crippen LogP contribution in [0.15, 0.2) is 0 Å². The number of hydrogen-bond donors (Lipinski definition) is 1. The molecule has 2 heterocycles. The molecule has 0 aliphatic carbocycles. The molecule has 0 aromatic heterocycles. The van der Waals surface area contributed by atoms with E-state index in [9.17, 15) is 25.3 Å². The number of hydrogen-bond acceptors (Lipinski definition) is 6. The van der Waals surface area contributed by atoms with Crippen LogP contribution in [0.5, 0.6) is 0 Å². The lowest BCUT2D eigenvalue weighted by Gasteiger charge is -2.24. The van der Waals surface area contributed by atoms with Gasteiger partial charge in [-0.3, -0.25) is 0 Å². The first-order valence-electron chi connectivity index (χ1n) is 6.07. The average molecular weight is 366 g/mol. The number of sulfonamides is 1. The fourth-order valence-corrected chi connectivity index (χ4v) is 8.64. The lowest BCUT2D eigenvalue weighted by molar-refractivity contribution is 0.531. The summed E-state index contributed by atoms with van der Waals surface area (Å²) in [6, 6.07) is -0.842. The number of sulfone groups is 2. The van der Waals surface area contributed by atoms with Gasteiger partial charge in [-0.2, -0.15) is 0 Å². The fourth-order valence-electron chi connectivity index (χ4n) is 2.40. The monoisotopic (exact) mass is 365 g/mol. The molecule has 11 heteroatoms. The Balaban J connectivity index is 2.06. The fraction of sp³-hybridized carbons (Fsp3) is 1.00. The van der Waals surface area contributed by atoms with Crippen LogP contribution in [-0.2, 0) is 29.7 Å². The Morgan fingerprint density at radius 2 is 1.50 bits per heavy atom. The van der Waals surface area contributed by atoms with Crippen LogP contribution < -0.4 is 4.72 Å². The molecule has 2 saturated heterocycles. The highest BCUT2D eigenvalue weighted by atomic mass is 35.5. The molecule has 2 aliphatic heterocycles. The number of alkyl halides is 1. The summed E-state index contributed by atoms with van der Waals surface area (Å²) in [5.74, 6) is -0.885. The molecule has 0 amide bonds. The zero-order valence-electron chi connectivity index (χ0n) is 10.5. The summed E-state index contributed by atoms with van der Waals surface area (Å²) >= 11 is 5.85. The van der Waals surface area contributed by atoms with Gasteiger partial charge in [-0.05, 0) is 12.8 Å². The second-order valence-electron chi connectivity index (χ2n) is 5.21. The normalized spacial score (nSPS) is 34.0. The molecule has 1 N–H and O–H groups in total. The van der Waals surface area contributed by atoms with Gasteiger partial charge in [0.1, 0.15) is 9.84 Å². The maximum absolute atomic E-state index is 12.1. The standard InChI is InChI=1S/C9H16ClNO6S3/c10-8-5-19(14,15)6-9(8)11-20(16,17)7-1-3-18(12,13)4-2-7/h7-9,11H,1-6H2. The predicted octanol–water partition coefficient (Wildman–Crippen LogP) is -1.11. The van der Waals surface area contributed by atoms with Crippen LogP contribution >= 0.6 is 11.6 Å². The topological polar surface area (TPSA) is 114 Å². The first-order chi connectivity index (χ1) is 9.01. The van der Waals surface area contributed by atoms with Gasteiger partial charge in [-0.25, -0.2) is 30.0 Å². The molecule has 2 unspecified atom stereocenters. The molecule has 0 aromatic rings. The minimum Gasteiger partial charge on any atom is -0.229 e. The van der Waals surface area contributed by atoms with Crippen LogP contribution in [-0.4, -0.2) is 64.9 Å². The highest BCUT2D eigenvalue weighted by Gasteiger charge is 2.41. The minimum absolute atomic E-state index is 0.0318. The van der Waals surface area contributed by atoms with Gasteiger partial charge < -0.3 is 0 Å². The van der Waals surface area contributed by atoms with E-state index in [1.165, 1.54) is 0 Å². The van der Waals surface area contributed by atoms with Crippen molar-refractivity contribution in [2.75, 3.05) is 23.0 Å². The highest BCUT2D eigenvalue weighted by molar-refractivity contribution is 7.93. The Morgan fingerprint density at radius 3 is 1.95 bits per heavy atom. The van der Waals surface area contributed by atoms with Crippen molar-refractivity contribution in [2.45, 2.75) is 29.5 Å². The van der Waals surface area contributed by atoms with Gasteiger partial charge in [0, 0.05) is 0 Å². The van der Waals surface area contributed by atoms with E-state index in [2.05, 4.69) is 4.72 Å². The maximum Gasteiger partial charge on any atom is 0.214 e. The van der Waals surface area contributed by atoms with Crippen LogP contribution in [0, 0.1) is 0 Å². The molecule has 2 aliphatic rings. The van der Waals surface area contributed by atoms with E-state index in [-0.39, 0.29) is 35.9 Å². The summed E-state index contributed by atoms with van der Waals surface area (Å²) in [7, 11) is -10.2. The Bertz CT molecular complexity index is 669. The average Bonchev–Trinajstić information content (AvgIpc) is 2.50. The summed E-state index contributed by atoms with van der Waals surface area (Å²) < 4.78 is 72.0. The molecule has 2 fully saturated rings. The second kappa shape index (κ2) is 5.38. The molecule has 2 rings (SSSR count). The van der Waals surface area contributed by atoms with Crippen LogP contribution in [0.2, 0.25) is 0 Å². The number of halogens is 1. The molecule has 20 heavy (non-hydrogen) atoms. The second-order valence-corrected chi connectivity index (χ2v) is 12.2. The van der Waals surface area contributed by atoms with E-state index in [0.717, 1.165) is 0 Å². The Hall–Kier alpha value is 0.1000. The molecule has 2 atom stereocenters. The Morgan fingerprint density at radius 1 is 0.950 bits per heavy atom. The summed E-state index contributed by atoms with van der Waals surface area (Å²) in [6.45, 7) is 0. The molecule has 0 spiro atoms. The van der Waals surface area contributed by atoms with E-state index in [1.807, 2.05) is 0 Å². The van der Waals surface area contributed by atoms with Gasteiger partial charge in [0.2, 0.25) is 10.0 Å².